The highest BCUT2D eigenvalue weighted by molar-refractivity contribution is 7.92. The molecule has 1 heterocycles. The third-order valence-corrected chi connectivity index (χ3v) is 6.33. The number of ether oxygens (including phenoxy) is 2. The van der Waals surface area contributed by atoms with Crippen molar-refractivity contribution in [1.29, 1.82) is 0 Å². The molecule has 1 N–H and O–H groups in total. The Bertz CT molecular complexity index is 1150. The molecular formula is C23H28FN3O6S. The average molecular weight is 494 g/mol. The predicted molar refractivity (Wildman–Crippen MR) is 124 cm³/mol. The molecule has 0 bridgehead atoms. The van der Waals surface area contributed by atoms with Gasteiger partial charge in [0.05, 0.1) is 11.9 Å². The molecule has 2 amide bonds. The number of rotatable bonds is 9. The zero-order valence-corrected chi connectivity index (χ0v) is 20.3. The summed E-state index contributed by atoms with van der Waals surface area (Å²) < 4.78 is 50.1. The maximum atomic E-state index is 13.4. The molecule has 34 heavy (non-hydrogen) atoms. The zero-order valence-electron chi connectivity index (χ0n) is 19.4. The lowest BCUT2D eigenvalue weighted by Gasteiger charge is -2.32. The van der Waals surface area contributed by atoms with E-state index in [0.717, 1.165) is 10.6 Å². The molecule has 0 fully saturated rings. The Morgan fingerprint density at radius 3 is 2.32 bits per heavy atom. The van der Waals surface area contributed by atoms with Crippen molar-refractivity contribution < 1.29 is 31.9 Å². The normalized spacial score (nSPS) is 13.5. The monoisotopic (exact) mass is 493 g/mol. The Labute approximate surface area is 198 Å². The van der Waals surface area contributed by atoms with Crippen LogP contribution in [-0.2, 0) is 26.2 Å². The summed E-state index contributed by atoms with van der Waals surface area (Å²) in [6.07, 6.45) is 0.990. The number of nitrogens with one attached hydrogen (secondary N) is 1. The molecule has 2 aromatic carbocycles. The van der Waals surface area contributed by atoms with Crippen molar-refractivity contribution in [3.63, 3.8) is 0 Å². The molecule has 0 saturated carbocycles. The van der Waals surface area contributed by atoms with Crippen molar-refractivity contribution in [3.8, 4) is 11.5 Å². The van der Waals surface area contributed by atoms with E-state index in [-0.39, 0.29) is 31.0 Å². The third kappa shape index (κ3) is 6.16. The Morgan fingerprint density at radius 2 is 1.71 bits per heavy atom. The summed E-state index contributed by atoms with van der Waals surface area (Å²) >= 11 is 0. The number of carbonyl (C=O) groups is 2. The number of hydrogen-bond donors (Lipinski definition) is 1. The van der Waals surface area contributed by atoms with Gasteiger partial charge in [0.15, 0.2) is 11.5 Å². The molecule has 3 rings (SSSR count). The van der Waals surface area contributed by atoms with E-state index in [0.29, 0.717) is 17.1 Å². The van der Waals surface area contributed by atoms with E-state index >= 15 is 0 Å². The fourth-order valence-corrected chi connectivity index (χ4v) is 4.27. The van der Waals surface area contributed by atoms with Gasteiger partial charge in [-0.1, -0.05) is 12.1 Å². The maximum Gasteiger partial charge on any atom is 0.244 e. The number of halogens is 1. The quantitative estimate of drug-likeness (QED) is 0.575. The summed E-state index contributed by atoms with van der Waals surface area (Å²) in [5.41, 5.74) is 0.814. The topological polar surface area (TPSA) is 105 Å². The highest BCUT2D eigenvalue weighted by Crippen LogP contribution is 2.36. The van der Waals surface area contributed by atoms with Gasteiger partial charge in [-0.15, -0.1) is 0 Å². The van der Waals surface area contributed by atoms with Gasteiger partial charge in [0.1, 0.15) is 18.4 Å². The number of hydrogen-bond acceptors (Lipinski definition) is 6. The predicted octanol–water partition coefficient (Wildman–Crippen LogP) is 2.26. The molecule has 1 aliphatic heterocycles. The summed E-state index contributed by atoms with van der Waals surface area (Å²) in [6, 6.07) is 9.03. The molecule has 11 heteroatoms. The molecule has 1 aliphatic rings. The smallest absolute Gasteiger partial charge is 0.244 e. The number of amides is 2. The van der Waals surface area contributed by atoms with Crippen LogP contribution in [0, 0.1) is 5.82 Å². The van der Waals surface area contributed by atoms with Gasteiger partial charge >= 0.3 is 0 Å². The molecule has 0 spiro atoms. The minimum Gasteiger partial charge on any atom is -0.454 e. The van der Waals surface area contributed by atoms with Crippen molar-refractivity contribution in [2.24, 2.45) is 0 Å². The lowest BCUT2D eigenvalue weighted by Crippen LogP contribution is -2.52. The number of benzene rings is 2. The van der Waals surface area contributed by atoms with Crippen molar-refractivity contribution in [2.45, 2.75) is 39.4 Å². The van der Waals surface area contributed by atoms with Gasteiger partial charge in [-0.3, -0.25) is 13.9 Å². The van der Waals surface area contributed by atoms with Gasteiger partial charge in [-0.25, -0.2) is 12.8 Å². The van der Waals surface area contributed by atoms with Crippen molar-refractivity contribution in [2.75, 3.05) is 23.9 Å². The Kier molecular flexibility index (Phi) is 7.65. The first-order valence-corrected chi connectivity index (χ1v) is 12.5. The summed E-state index contributed by atoms with van der Waals surface area (Å²) in [5, 5.41) is 2.76. The minimum atomic E-state index is -3.87. The number of nitrogens with zero attached hydrogens (tertiary/aromatic N) is 2. The van der Waals surface area contributed by atoms with Crippen LogP contribution in [0.3, 0.4) is 0 Å². The number of sulfonamides is 1. The maximum absolute atomic E-state index is 13.4. The highest BCUT2D eigenvalue weighted by atomic mass is 32.2. The molecule has 0 aromatic heterocycles. The first-order chi connectivity index (χ1) is 16.0. The molecule has 0 radical (unpaired) electrons. The molecule has 0 aliphatic carbocycles. The van der Waals surface area contributed by atoms with Gasteiger partial charge in [-0.05, 0) is 50.6 Å². The molecule has 184 valence electrons. The van der Waals surface area contributed by atoms with Crippen LogP contribution in [0.4, 0.5) is 10.1 Å². The molecule has 9 nitrogen and oxygen atoms in total. The van der Waals surface area contributed by atoms with E-state index in [9.17, 15) is 22.4 Å². The van der Waals surface area contributed by atoms with Crippen LogP contribution in [0.5, 0.6) is 11.5 Å². The summed E-state index contributed by atoms with van der Waals surface area (Å²) in [4.78, 5) is 27.4. The number of carbonyl (C=O) groups excluding carboxylic acids is 2. The first-order valence-electron chi connectivity index (χ1n) is 10.7. The second kappa shape index (κ2) is 10.3. The van der Waals surface area contributed by atoms with Crippen LogP contribution < -0.4 is 19.1 Å². The van der Waals surface area contributed by atoms with Crippen LogP contribution >= 0.6 is 0 Å². The second-order valence-electron chi connectivity index (χ2n) is 8.29. The van der Waals surface area contributed by atoms with Gasteiger partial charge in [-0.2, -0.15) is 0 Å². The Hall–Kier alpha value is -3.34. The van der Waals surface area contributed by atoms with Gasteiger partial charge < -0.3 is 19.7 Å². The minimum absolute atomic E-state index is 0.00939. The summed E-state index contributed by atoms with van der Waals surface area (Å²) in [7, 11) is -3.87. The zero-order chi connectivity index (χ0) is 25.0. The van der Waals surface area contributed by atoms with E-state index in [1.807, 2.05) is 0 Å². The molecule has 2 aromatic rings. The highest BCUT2D eigenvalue weighted by Gasteiger charge is 2.31. The fourth-order valence-electron chi connectivity index (χ4n) is 3.43. The van der Waals surface area contributed by atoms with Crippen LogP contribution in [-0.4, -0.2) is 56.8 Å². The molecule has 1 atom stereocenters. The van der Waals surface area contributed by atoms with E-state index < -0.39 is 34.3 Å². The van der Waals surface area contributed by atoms with Crippen molar-refractivity contribution in [1.82, 2.24) is 10.2 Å². The molecular weight excluding hydrogens is 465 g/mol. The van der Waals surface area contributed by atoms with Crippen molar-refractivity contribution >= 4 is 27.5 Å². The van der Waals surface area contributed by atoms with E-state index in [4.69, 9.17) is 9.47 Å². The van der Waals surface area contributed by atoms with Gasteiger partial charge in [0.25, 0.3) is 0 Å². The van der Waals surface area contributed by atoms with Gasteiger partial charge in [0, 0.05) is 18.7 Å². The lowest BCUT2D eigenvalue weighted by atomic mass is 10.1. The lowest BCUT2D eigenvalue weighted by molar-refractivity contribution is -0.139. The van der Waals surface area contributed by atoms with Crippen LogP contribution in [0.1, 0.15) is 26.3 Å². The van der Waals surface area contributed by atoms with E-state index in [2.05, 4.69) is 5.32 Å². The summed E-state index contributed by atoms with van der Waals surface area (Å²) in [5.74, 6) is -0.580. The summed E-state index contributed by atoms with van der Waals surface area (Å²) in [6.45, 7) is 4.61. The molecule has 0 saturated heterocycles. The number of anilines is 1. The third-order valence-electron chi connectivity index (χ3n) is 5.19. The second-order valence-corrected chi connectivity index (χ2v) is 10.2. The number of fused-ring (bicyclic) bond motifs is 1. The molecule has 0 unspecified atom stereocenters. The van der Waals surface area contributed by atoms with E-state index in [1.165, 1.54) is 41.3 Å². The first kappa shape index (κ1) is 25.3. The standard InChI is InChI=1S/C23H28FN3O6S/c1-15(2)25-23(29)16(3)26(12-17-5-7-18(24)8-6-17)22(28)13-27(34(4,30)31)19-9-10-20-21(11-19)33-14-32-20/h5-11,15-16H,12-14H2,1-4H3,(H,25,29)/t16-/m1/s1. The van der Waals surface area contributed by atoms with Crippen LogP contribution in [0.25, 0.3) is 0 Å². The largest absolute Gasteiger partial charge is 0.454 e. The SMILES string of the molecule is CC(C)NC(=O)[C@@H](C)N(Cc1ccc(F)cc1)C(=O)CN(c1ccc2c(c1)OCO2)S(C)(=O)=O. The average Bonchev–Trinajstić information content (AvgIpc) is 3.23. The van der Waals surface area contributed by atoms with Gasteiger partial charge in [0.2, 0.25) is 28.6 Å². The van der Waals surface area contributed by atoms with Crippen molar-refractivity contribution in [3.05, 3.63) is 53.8 Å². The Balaban J connectivity index is 1.90. The fraction of sp³-hybridized carbons (Fsp3) is 0.391. The Morgan fingerprint density at radius 1 is 1.06 bits per heavy atom. The van der Waals surface area contributed by atoms with Crippen LogP contribution in [0.2, 0.25) is 0 Å². The van der Waals surface area contributed by atoms with E-state index in [1.54, 1.807) is 26.8 Å². The van der Waals surface area contributed by atoms with Crippen LogP contribution in [0.15, 0.2) is 42.5 Å².